The minimum atomic E-state index is -1.17. The number of carboxylic acid groups (broad SMARTS) is 1. The van der Waals surface area contributed by atoms with E-state index in [1.54, 1.807) is 0 Å². The van der Waals surface area contributed by atoms with Crippen molar-refractivity contribution in [1.29, 1.82) is 0 Å². The van der Waals surface area contributed by atoms with E-state index in [1.165, 1.54) is 14.2 Å². The molecular weight excluding hydrogens is 228 g/mol. The van der Waals surface area contributed by atoms with E-state index in [1.807, 2.05) is 0 Å². The van der Waals surface area contributed by atoms with E-state index in [2.05, 4.69) is 16.1 Å². The van der Waals surface area contributed by atoms with Crippen LogP contribution in [0.5, 0.6) is 0 Å². The Morgan fingerprint density at radius 1 is 1.24 bits per heavy atom. The first kappa shape index (κ1) is 15.2. The van der Waals surface area contributed by atoms with Gasteiger partial charge in [-0.2, -0.15) is 0 Å². The number of methoxy groups -OCH3 is 2. The second-order valence-corrected chi connectivity index (χ2v) is 3.45. The molecule has 0 heterocycles. The number of carbonyl (C=O) groups is 3. The predicted octanol–water partition coefficient (Wildman–Crippen LogP) is 0.760. The molecule has 0 radical (unpaired) electrons. The third-order valence-electron chi connectivity index (χ3n) is 2.25. The van der Waals surface area contributed by atoms with Gasteiger partial charge in [0.05, 0.1) is 20.1 Å². The van der Waals surface area contributed by atoms with Crippen LogP contribution in [-0.2, 0) is 23.9 Å². The first-order valence-corrected chi connectivity index (χ1v) is 4.98. The van der Waals surface area contributed by atoms with Crippen LogP contribution in [0.3, 0.4) is 0 Å². The maximum absolute atomic E-state index is 11.4. The lowest BCUT2D eigenvalue weighted by molar-refractivity contribution is -0.146. The molecule has 0 rings (SSSR count). The van der Waals surface area contributed by atoms with Crippen LogP contribution in [0.2, 0.25) is 0 Å². The minimum absolute atomic E-state index is 0.0309. The van der Waals surface area contributed by atoms with Gasteiger partial charge in [0.2, 0.25) is 0 Å². The van der Waals surface area contributed by atoms with Gasteiger partial charge >= 0.3 is 17.9 Å². The standard InChI is InChI=1S/C11H16O6/c1-7(10(13)14)6-8(11(15)17-3)4-5-9(12)16-2/h8H,1,4-6H2,2-3H3,(H,13,14). The van der Waals surface area contributed by atoms with E-state index in [9.17, 15) is 14.4 Å². The molecule has 96 valence electrons. The zero-order chi connectivity index (χ0) is 13.4. The molecule has 0 spiro atoms. The summed E-state index contributed by atoms with van der Waals surface area (Å²) in [5.41, 5.74) is -0.0923. The van der Waals surface area contributed by atoms with Gasteiger partial charge in [0.1, 0.15) is 0 Å². The smallest absolute Gasteiger partial charge is 0.330 e. The van der Waals surface area contributed by atoms with Crippen molar-refractivity contribution < 1.29 is 29.0 Å². The third-order valence-corrected chi connectivity index (χ3v) is 2.25. The van der Waals surface area contributed by atoms with E-state index in [0.717, 1.165) is 0 Å². The highest BCUT2D eigenvalue weighted by Gasteiger charge is 2.23. The predicted molar refractivity (Wildman–Crippen MR) is 58.1 cm³/mol. The van der Waals surface area contributed by atoms with Crippen molar-refractivity contribution in [2.45, 2.75) is 19.3 Å². The number of carboxylic acids is 1. The summed E-state index contributed by atoms with van der Waals surface area (Å²) in [7, 11) is 2.45. The Hall–Kier alpha value is -1.85. The average Bonchev–Trinajstić information content (AvgIpc) is 2.32. The van der Waals surface area contributed by atoms with Gasteiger partial charge in [-0.1, -0.05) is 6.58 Å². The van der Waals surface area contributed by atoms with E-state index in [0.29, 0.717) is 0 Å². The van der Waals surface area contributed by atoms with Gasteiger partial charge in [-0.25, -0.2) is 4.79 Å². The Morgan fingerprint density at radius 2 is 1.82 bits per heavy atom. The Bertz CT molecular complexity index is 320. The van der Waals surface area contributed by atoms with Gasteiger partial charge in [-0.3, -0.25) is 9.59 Å². The first-order valence-electron chi connectivity index (χ1n) is 4.98. The quantitative estimate of drug-likeness (QED) is 0.525. The summed E-state index contributed by atoms with van der Waals surface area (Å²) in [5, 5.41) is 8.67. The van der Waals surface area contributed by atoms with Crippen LogP contribution in [0.4, 0.5) is 0 Å². The molecule has 6 nitrogen and oxygen atoms in total. The first-order chi connectivity index (χ1) is 7.92. The van der Waals surface area contributed by atoms with Crippen molar-refractivity contribution in [3.8, 4) is 0 Å². The van der Waals surface area contributed by atoms with Crippen molar-refractivity contribution in [3.63, 3.8) is 0 Å². The molecule has 0 aliphatic carbocycles. The van der Waals surface area contributed by atoms with Gasteiger partial charge < -0.3 is 14.6 Å². The molecule has 0 amide bonds. The van der Waals surface area contributed by atoms with Gasteiger partial charge in [0.25, 0.3) is 0 Å². The van der Waals surface area contributed by atoms with Crippen LogP contribution < -0.4 is 0 Å². The summed E-state index contributed by atoms with van der Waals surface area (Å²) in [5.74, 6) is -2.88. The Kier molecular flexibility index (Phi) is 6.62. The molecule has 0 aromatic rings. The van der Waals surface area contributed by atoms with E-state index < -0.39 is 23.8 Å². The maximum atomic E-state index is 11.4. The molecule has 6 heteroatoms. The Balaban J connectivity index is 4.44. The lowest BCUT2D eigenvalue weighted by atomic mass is 9.95. The number of hydrogen-bond donors (Lipinski definition) is 1. The summed E-state index contributed by atoms with van der Waals surface area (Å²) >= 11 is 0. The van der Waals surface area contributed by atoms with Crippen molar-refractivity contribution in [2.24, 2.45) is 5.92 Å². The average molecular weight is 244 g/mol. The molecule has 0 aliphatic rings. The van der Waals surface area contributed by atoms with Crippen molar-refractivity contribution in [2.75, 3.05) is 14.2 Å². The zero-order valence-corrected chi connectivity index (χ0v) is 9.89. The van der Waals surface area contributed by atoms with Gasteiger partial charge in [-0.15, -0.1) is 0 Å². The normalized spacial score (nSPS) is 11.4. The lowest BCUT2D eigenvalue weighted by Crippen LogP contribution is -2.20. The largest absolute Gasteiger partial charge is 0.478 e. The van der Waals surface area contributed by atoms with Crippen molar-refractivity contribution in [3.05, 3.63) is 12.2 Å². The van der Waals surface area contributed by atoms with Crippen molar-refractivity contribution in [1.82, 2.24) is 0 Å². The fraction of sp³-hybridized carbons (Fsp3) is 0.545. The van der Waals surface area contributed by atoms with Gasteiger partial charge in [0, 0.05) is 12.0 Å². The van der Waals surface area contributed by atoms with E-state index in [4.69, 9.17) is 5.11 Å². The second kappa shape index (κ2) is 7.43. The molecule has 17 heavy (non-hydrogen) atoms. The molecule has 0 fully saturated rings. The number of aliphatic carboxylic acids is 1. The van der Waals surface area contributed by atoms with E-state index in [-0.39, 0.29) is 24.8 Å². The molecule has 0 saturated carbocycles. The van der Waals surface area contributed by atoms with Crippen LogP contribution >= 0.6 is 0 Å². The highest BCUT2D eigenvalue weighted by atomic mass is 16.5. The Labute approximate surface area is 99.2 Å². The summed E-state index contributed by atoms with van der Waals surface area (Å²) in [6, 6.07) is 0. The number of ether oxygens (including phenoxy) is 2. The van der Waals surface area contributed by atoms with Crippen LogP contribution in [0.15, 0.2) is 12.2 Å². The minimum Gasteiger partial charge on any atom is -0.478 e. The molecule has 1 atom stereocenters. The molecule has 0 aromatic carbocycles. The second-order valence-electron chi connectivity index (χ2n) is 3.45. The number of rotatable bonds is 7. The van der Waals surface area contributed by atoms with E-state index >= 15 is 0 Å². The monoisotopic (exact) mass is 244 g/mol. The zero-order valence-electron chi connectivity index (χ0n) is 9.89. The van der Waals surface area contributed by atoms with Crippen molar-refractivity contribution >= 4 is 17.9 Å². The molecule has 0 aliphatic heterocycles. The molecule has 0 aromatic heterocycles. The van der Waals surface area contributed by atoms with Crippen LogP contribution in [0.1, 0.15) is 19.3 Å². The molecular formula is C11H16O6. The maximum Gasteiger partial charge on any atom is 0.330 e. The van der Waals surface area contributed by atoms with Crippen LogP contribution in [0.25, 0.3) is 0 Å². The fourth-order valence-electron chi connectivity index (χ4n) is 1.25. The Morgan fingerprint density at radius 3 is 2.24 bits per heavy atom. The van der Waals surface area contributed by atoms with Gasteiger partial charge in [0.15, 0.2) is 0 Å². The topological polar surface area (TPSA) is 89.9 Å². The summed E-state index contributed by atoms with van der Waals surface area (Å²) in [4.78, 5) is 32.9. The summed E-state index contributed by atoms with van der Waals surface area (Å²) < 4.78 is 8.97. The lowest BCUT2D eigenvalue weighted by Gasteiger charge is -2.13. The molecule has 1 N–H and O–H groups in total. The number of esters is 2. The highest BCUT2D eigenvalue weighted by Crippen LogP contribution is 2.18. The highest BCUT2D eigenvalue weighted by molar-refractivity contribution is 5.87. The van der Waals surface area contributed by atoms with Gasteiger partial charge in [-0.05, 0) is 12.8 Å². The molecule has 1 unspecified atom stereocenters. The molecule has 0 saturated heterocycles. The summed E-state index contributed by atoms with van der Waals surface area (Å²) in [6.07, 6.45) is 0.161. The summed E-state index contributed by atoms with van der Waals surface area (Å²) in [6.45, 7) is 3.33. The molecule has 0 bridgehead atoms. The third kappa shape index (κ3) is 5.70. The number of hydrogen-bond acceptors (Lipinski definition) is 5. The SMILES string of the molecule is C=C(CC(CCC(=O)OC)C(=O)OC)C(=O)O. The number of carbonyl (C=O) groups excluding carboxylic acids is 2. The van der Waals surface area contributed by atoms with Crippen LogP contribution in [-0.4, -0.2) is 37.2 Å². The van der Waals surface area contributed by atoms with Crippen LogP contribution in [0, 0.1) is 5.92 Å². The fourth-order valence-corrected chi connectivity index (χ4v) is 1.25.